The summed E-state index contributed by atoms with van der Waals surface area (Å²) in [5.74, 6) is -0.544. The molecule has 0 unspecified atom stereocenters. The first-order chi connectivity index (χ1) is 13.3. The van der Waals surface area contributed by atoms with Crippen molar-refractivity contribution in [1.29, 1.82) is 0 Å². The number of H-pyrrole nitrogens is 1. The Morgan fingerprint density at radius 3 is 2.68 bits per heavy atom. The molecule has 6 nitrogen and oxygen atoms in total. The number of nitrogens with one attached hydrogen (secondary N) is 1. The fourth-order valence-corrected chi connectivity index (χ4v) is 2.89. The monoisotopic (exact) mass is 391 g/mol. The third kappa shape index (κ3) is 4.36. The highest BCUT2D eigenvalue weighted by Gasteiger charge is 2.34. The van der Waals surface area contributed by atoms with E-state index in [0.29, 0.717) is 25.1 Å². The smallest absolute Gasteiger partial charge is 0.418 e. The molecule has 0 radical (unpaired) electrons. The molecule has 3 aromatic rings. The average molecular weight is 391 g/mol. The number of rotatable bonds is 6. The van der Waals surface area contributed by atoms with E-state index >= 15 is 0 Å². The summed E-state index contributed by atoms with van der Waals surface area (Å²) in [5, 5.41) is 8.91. The van der Waals surface area contributed by atoms with Gasteiger partial charge in [0.2, 0.25) is 0 Å². The summed E-state index contributed by atoms with van der Waals surface area (Å²) in [4.78, 5) is 33.6. The lowest BCUT2D eigenvalue weighted by Crippen LogP contribution is -2.12. The van der Waals surface area contributed by atoms with Gasteiger partial charge in [-0.05, 0) is 37.1 Å². The molecule has 0 bridgehead atoms. The molecule has 2 heterocycles. The Bertz CT molecular complexity index is 1080. The molecule has 0 atom stereocenters. The topological polar surface area (TPSA) is 95.9 Å². The van der Waals surface area contributed by atoms with Crippen LogP contribution < -0.4 is 5.56 Å². The number of nitrogens with zero attached hydrogens (tertiary/aromatic N) is 2. The number of fused-ring (bicyclic) bond motifs is 1. The lowest BCUT2D eigenvalue weighted by molar-refractivity contribution is -0.138. The lowest BCUT2D eigenvalue weighted by atomic mass is 10.0. The normalized spacial score (nSPS) is 11.7. The Hall–Kier alpha value is -3.23. The van der Waals surface area contributed by atoms with Gasteiger partial charge in [0.25, 0.3) is 5.56 Å². The molecule has 3 rings (SSSR count). The van der Waals surface area contributed by atoms with E-state index < -0.39 is 23.3 Å². The van der Waals surface area contributed by atoms with Crippen LogP contribution in [0.1, 0.15) is 30.7 Å². The fourth-order valence-electron chi connectivity index (χ4n) is 2.89. The van der Waals surface area contributed by atoms with Crippen molar-refractivity contribution < 1.29 is 23.1 Å². The Morgan fingerprint density at radius 1 is 1.18 bits per heavy atom. The zero-order valence-corrected chi connectivity index (χ0v) is 14.6. The van der Waals surface area contributed by atoms with Gasteiger partial charge in [-0.25, -0.2) is 4.98 Å². The number of carboxylic acids is 1. The third-order valence-electron chi connectivity index (χ3n) is 4.20. The van der Waals surface area contributed by atoms with Gasteiger partial charge in [0.05, 0.1) is 22.2 Å². The van der Waals surface area contributed by atoms with Gasteiger partial charge in [-0.3, -0.25) is 14.6 Å². The molecule has 2 aromatic heterocycles. The van der Waals surface area contributed by atoms with Crippen LogP contribution >= 0.6 is 0 Å². The summed E-state index contributed by atoms with van der Waals surface area (Å²) in [5.41, 5.74) is -1.04. The molecular weight excluding hydrogens is 375 g/mol. The van der Waals surface area contributed by atoms with E-state index in [0.717, 1.165) is 6.07 Å². The first-order valence-corrected chi connectivity index (χ1v) is 8.53. The number of hydrogen-bond acceptors (Lipinski definition) is 4. The SMILES string of the molecule is O=C(O)CCCCc1nc2cc(-c3ncccc3C(F)(F)F)ccc2c(=O)[nH]1. The molecule has 1 aromatic carbocycles. The Balaban J connectivity index is 1.97. The van der Waals surface area contributed by atoms with Crippen LogP contribution in [0.3, 0.4) is 0 Å². The predicted octanol–water partition coefficient (Wildman–Crippen LogP) is 3.80. The first kappa shape index (κ1) is 19.5. The van der Waals surface area contributed by atoms with Crippen molar-refractivity contribution >= 4 is 16.9 Å². The van der Waals surface area contributed by atoms with Gasteiger partial charge in [-0.1, -0.05) is 6.07 Å². The quantitative estimate of drug-likeness (QED) is 0.623. The molecule has 0 amide bonds. The number of aromatic nitrogens is 3. The highest BCUT2D eigenvalue weighted by Crippen LogP contribution is 2.36. The molecule has 0 aliphatic heterocycles. The van der Waals surface area contributed by atoms with Crippen molar-refractivity contribution in [3.63, 3.8) is 0 Å². The summed E-state index contributed by atoms with van der Waals surface area (Å²) in [6.07, 6.45) is -1.97. The van der Waals surface area contributed by atoms with Crippen LogP contribution in [0.25, 0.3) is 22.2 Å². The second-order valence-electron chi connectivity index (χ2n) is 6.24. The van der Waals surface area contributed by atoms with Crippen molar-refractivity contribution in [1.82, 2.24) is 15.0 Å². The molecule has 0 aliphatic rings. The fraction of sp³-hybridized carbons (Fsp3) is 0.263. The number of carbonyl (C=O) groups is 1. The van der Waals surface area contributed by atoms with Gasteiger partial charge in [0, 0.05) is 24.6 Å². The summed E-state index contributed by atoms with van der Waals surface area (Å²) in [7, 11) is 0. The van der Waals surface area contributed by atoms with E-state index in [-0.39, 0.29) is 28.6 Å². The maximum Gasteiger partial charge on any atom is 0.418 e. The summed E-state index contributed by atoms with van der Waals surface area (Å²) in [6.45, 7) is 0. The molecule has 9 heteroatoms. The van der Waals surface area contributed by atoms with Crippen molar-refractivity contribution in [3.8, 4) is 11.3 Å². The number of aromatic amines is 1. The number of carboxylic acid groups (broad SMARTS) is 1. The number of hydrogen-bond donors (Lipinski definition) is 2. The number of halogens is 3. The molecular formula is C19H16F3N3O3. The van der Waals surface area contributed by atoms with Crippen LogP contribution in [-0.4, -0.2) is 26.0 Å². The van der Waals surface area contributed by atoms with Crippen molar-refractivity contribution in [2.75, 3.05) is 0 Å². The van der Waals surface area contributed by atoms with Crippen LogP contribution in [-0.2, 0) is 17.4 Å². The van der Waals surface area contributed by atoms with Gasteiger partial charge in [-0.2, -0.15) is 13.2 Å². The summed E-state index contributed by atoms with van der Waals surface area (Å²) < 4.78 is 39.8. The van der Waals surface area contributed by atoms with Crippen LogP contribution in [0, 0.1) is 0 Å². The number of aryl methyl sites for hydroxylation is 1. The zero-order chi connectivity index (χ0) is 20.3. The van der Waals surface area contributed by atoms with Crippen LogP contribution in [0.15, 0.2) is 41.3 Å². The van der Waals surface area contributed by atoms with Crippen LogP contribution in [0.4, 0.5) is 13.2 Å². The van der Waals surface area contributed by atoms with E-state index in [2.05, 4.69) is 15.0 Å². The summed E-state index contributed by atoms with van der Waals surface area (Å²) in [6, 6.07) is 6.39. The molecule has 146 valence electrons. The number of aliphatic carboxylic acids is 1. The predicted molar refractivity (Wildman–Crippen MR) is 95.8 cm³/mol. The summed E-state index contributed by atoms with van der Waals surface area (Å²) >= 11 is 0. The molecule has 0 fully saturated rings. The van der Waals surface area contributed by atoms with E-state index in [9.17, 15) is 22.8 Å². The van der Waals surface area contributed by atoms with Crippen molar-refractivity contribution in [3.05, 3.63) is 58.3 Å². The van der Waals surface area contributed by atoms with Crippen LogP contribution in [0.5, 0.6) is 0 Å². The highest BCUT2D eigenvalue weighted by atomic mass is 19.4. The van der Waals surface area contributed by atoms with Gasteiger partial charge >= 0.3 is 12.1 Å². The maximum atomic E-state index is 13.3. The molecule has 0 spiro atoms. The average Bonchev–Trinajstić information content (AvgIpc) is 2.64. The number of benzene rings is 1. The Morgan fingerprint density at radius 2 is 1.96 bits per heavy atom. The second-order valence-corrected chi connectivity index (χ2v) is 6.24. The van der Waals surface area contributed by atoms with Gasteiger partial charge in [0.1, 0.15) is 5.82 Å². The number of pyridine rings is 1. The minimum absolute atomic E-state index is 0.0157. The molecule has 2 N–H and O–H groups in total. The zero-order valence-electron chi connectivity index (χ0n) is 14.6. The van der Waals surface area contributed by atoms with E-state index in [1.807, 2.05) is 0 Å². The lowest BCUT2D eigenvalue weighted by Gasteiger charge is -2.12. The van der Waals surface area contributed by atoms with Crippen molar-refractivity contribution in [2.45, 2.75) is 31.9 Å². The maximum absolute atomic E-state index is 13.3. The largest absolute Gasteiger partial charge is 0.481 e. The van der Waals surface area contributed by atoms with E-state index in [4.69, 9.17) is 5.11 Å². The van der Waals surface area contributed by atoms with Gasteiger partial charge < -0.3 is 10.1 Å². The molecule has 0 saturated heterocycles. The minimum Gasteiger partial charge on any atom is -0.481 e. The number of unbranched alkanes of at least 4 members (excludes halogenated alkanes) is 1. The minimum atomic E-state index is -4.56. The second kappa shape index (κ2) is 7.79. The van der Waals surface area contributed by atoms with E-state index in [1.165, 1.54) is 30.5 Å². The third-order valence-corrected chi connectivity index (χ3v) is 4.20. The number of alkyl halides is 3. The van der Waals surface area contributed by atoms with Gasteiger partial charge in [0.15, 0.2) is 0 Å². The van der Waals surface area contributed by atoms with E-state index in [1.54, 1.807) is 0 Å². The highest BCUT2D eigenvalue weighted by molar-refractivity contribution is 5.83. The first-order valence-electron chi connectivity index (χ1n) is 8.53. The van der Waals surface area contributed by atoms with Gasteiger partial charge in [-0.15, -0.1) is 0 Å². The molecule has 28 heavy (non-hydrogen) atoms. The van der Waals surface area contributed by atoms with Crippen LogP contribution in [0.2, 0.25) is 0 Å². The Kier molecular flexibility index (Phi) is 5.43. The molecule has 0 aliphatic carbocycles. The van der Waals surface area contributed by atoms with Crippen molar-refractivity contribution in [2.24, 2.45) is 0 Å². The molecule has 0 saturated carbocycles. The standard InChI is InChI=1S/C19H16F3N3O3/c20-19(21,22)13-4-3-9-23-17(13)11-7-8-12-14(10-11)24-15(25-18(12)28)5-1-2-6-16(26)27/h3-4,7-10H,1-2,5-6H2,(H,26,27)(H,24,25,28). The Labute approximate surface area is 157 Å².